The van der Waals surface area contributed by atoms with E-state index in [4.69, 9.17) is 14.2 Å². The largest absolute Gasteiger partial charge is 0.490 e. The second kappa shape index (κ2) is 12.0. The second-order valence-electron chi connectivity index (χ2n) is 6.30. The number of carbonyl (C=O) groups is 2. The molecule has 1 N–H and O–H groups in total. The minimum atomic E-state index is -0.507. The average Bonchev–Trinajstić information content (AvgIpc) is 2.73. The van der Waals surface area contributed by atoms with Gasteiger partial charge < -0.3 is 19.5 Å². The van der Waals surface area contributed by atoms with E-state index < -0.39 is 11.9 Å². The lowest BCUT2D eigenvalue weighted by Gasteiger charge is -2.14. The third-order valence-electron chi connectivity index (χ3n) is 4.04. The Morgan fingerprint density at radius 3 is 2.55 bits per heavy atom. The quantitative estimate of drug-likeness (QED) is 0.221. The van der Waals surface area contributed by atoms with E-state index in [0.29, 0.717) is 32.9 Å². The topological polar surface area (TPSA) is 97.7 Å². The number of hydrogen-bond acceptors (Lipinski definition) is 6. The Morgan fingerprint density at radius 1 is 1.16 bits per heavy atom. The molecule has 0 saturated heterocycles. The first-order valence-electron chi connectivity index (χ1n) is 9.63. The molecule has 2 rings (SSSR count). The number of halogens is 1. The standard InChI is InChI=1S/C23H23IN2O5/c1-4-29-20-12-16(11-18(24)22(20)31-14-21(27)30-5-2)10-17(13-25)23(28)26-19-9-7-6-8-15(19)3/h6-12H,4-5,14H2,1-3H3,(H,26,28)/b17-10+. The second-order valence-corrected chi connectivity index (χ2v) is 7.46. The SMILES string of the molecule is CCOC(=O)COc1c(I)cc(/C=C(\C#N)C(=O)Nc2ccccc2C)cc1OCC. The van der Waals surface area contributed by atoms with Crippen molar-refractivity contribution in [2.24, 2.45) is 0 Å². The molecule has 0 spiro atoms. The summed E-state index contributed by atoms with van der Waals surface area (Å²) in [5.41, 5.74) is 2.07. The molecule has 31 heavy (non-hydrogen) atoms. The number of nitrogens with zero attached hydrogens (tertiary/aromatic N) is 1. The number of aryl methyl sites for hydroxylation is 1. The number of rotatable bonds is 9. The van der Waals surface area contributed by atoms with Gasteiger partial charge in [0.2, 0.25) is 0 Å². The first kappa shape index (κ1) is 24.2. The lowest BCUT2D eigenvalue weighted by molar-refractivity contribution is -0.145. The molecule has 0 unspecified atom stereocenters. The van der Waals surface area contributed by atoms with Crippen LogP contribution in [0.25, 0.3) is 6.08 Å². The molecular formula is C23H23IN2O5. The van der Waals surface area contributed by atoms with Gasteiger partial charge in [-0.1, -0.05) is 18.2 Å². The Kier molecular flexibility index (Phi) is 9.34. The van der Waals surface area contributed by atoms with E-state index in [2.05, 4.69) is 5.32 Å². The monoisotopic (exact) mass is 534 g/mol. The summed E-state index contributed by atoms with van der Waals surface area (Å²) in [5.74, 6) is -0.186. The Bertz CT molecular complexity index is 1030. The van der Waals surface area contributed by atoms with Crippen LogP contribution in [0.5, 0.6) is 11.5 Å². The van der Waals surface area contributed by atoms with Crippen molar-refractivity contribution in [2.45, 2.75) is 20.8 Å². The minimum absolute atomic E-state index is 0.0540. The molecule has 7 nitrogen and oxygen atoms in total. The predicted octanol–water partition coefficient (Wildman–Crippen LogP) is 4.49. The number of esters is 1. The number of carbonyl (C=O) groups excluding carboxylic acids is 2. The van der Waals surface area contributed by atoms with Gasteiger partial charge in [-0.15, -0.1) is 0 Å². The summed E-state index contributed by atoms with van der Waals surface area (Å²) in [4.78, 5) is 24.2. The van der Waals surface area contributed by atoms with Crippen molar-refractivity contribution in [3.8, 4) is 17.6 Å². The van der Waals surface area contributed by atoms with E-state index in [1.54, 1.807) is 25.1 Å². The molecule has 8 heteroatoms. The molecule has 0 saturated carbocycles. The van der Waals surface area contributed by atoms with Crippen LogP contribution in [0.1, 0.15) is 25.0 Å². The van der Waals surface area contributed by atoms with Crippen LogP contribution in [0, 0.1) is 21.8 Å². The number of amides is 1. The van der Waals surface area contributed by atoms with Gasteiger partial charge in [-0.3, -0.25) is 4.79 Å². The summed E-state index contributed by atoms with van der Waals surface area (Å²) in [6.45, 7) is 5.80. The highest BCUT2D eigenvalue weighted by Gasteiger charge is 2.16. The number of ether oxygens (including phenoxy) is 3. The van der Waals surface area contributed by atoms with E-state index >= 15 is 0 Å². The van der Waals surface area contributed by atoms with Crippen molar-refractivity contribution in [1.82, 2.24) is 0 Å². The molecule has 0 aliphatic carbocycles. The molecule has 0 heterocycles. The maximum atomic E-state index is 12.6. The maximum absolute atomic E-state index is 12.6. The average molecular weight is 534 g/mol. The van der Waals surface area contributed by atoms with Gasteiger partial charge in [0, 0.05) is 5.69 Å². The third-order valence-corrected chi connectivity index (χ3v) is 4.84. The van der Waals surface area contributed by atoms with Gasteiger partial charge in [0.05, 0.1) is 16.8 Å². The normalized spacial score (nSPS) is 10.7. The highest BCUT2D eigenvalue weighted by atomic mass is 127. The van der Waals surface area contributed by atoms with Crippen molar-refractivity contribution in [3.05, 3.63) is 56.7 Å². The highest BCUT2D eigenvalue weighted by Crippen LogP contribution is 2.35. The summed E-state index contributed by atoms with van der Waals surface area (Å²) in [7, 11) is 0. The van der Waals surface area contributed by atoms with E-state index in [1.165, 1.54) is 6.08 Å². The molecule has 2 aromatic carbocycles. The molecule has 2 aromatic rings. The van der Waals surface area contributed by atoms with Crippen LogP contribution in [-0.2, 0) is 14.3 Å². The van der Waals surface area contributed by atoms with Crippen LogP contribution in [0.3, 0.4) is 0 Å². The molecule has 1 amide bonds. The lowest BCUT2D eigenvalue weighted by atomic mass is 10.1. The zero-order valence-electron chi connectivity index (χ0n) is 17.5. The fourth-order valence-corrected chi connectivity index (χ4v) is 3.41. The first-order valence-corrected chi connectivity index (χ1v) is 10.7. The molecule has 0 atom stereocenters. The number of hydrogen-bond donors (Lipinski definition) is 1. The van der Waals surface area contributed by atoms with Gasteiger partial charge in [0.15, 0.2) is 18.1 Å². The minimum Gasteiger partial charge on any atom is -0.490 e. The Hall–Kier alpha value is -3.06. The highest BCUT2D eigenvalue weighted by molar-refractivity contribution is 14.1. The zero-order valence-corrected chi connectivity index (χ0v) is 19.7. The van der Waals surface area contributed by atoms with Crippen LogP contribution >= 0.6 is 22.6 Å². The zero-order chi connectivity index (χ0) is 22.8. The summed E-state index contributed by atoms with van der Waals surface area (Å²) in [5, 5.41) is 12.3. The summed E-state index contributed by atoms with van der Waals surface area (Å²) in [6, 6.07) is 12.7. The fourth-order valence-electron chi connectivity index (χ4n) is 2.63. The third kappa shape index (κ3) is 7.00. The molecule has 0 aromatic heterocycles. The van der Waals surface area contributed by atoms with E-state index in [9.17, 15) is 14.9 Å². The molecule has 0 radical (unpaired) electrons. The smallest absolute Gasteiger partial charge is 0.344 e. The fraction of sp³-hybridized carbons (Fsp3) is 0.261. The van der Waals surface area contributed by atoms with E-state index in [1.807, 2.05) is 60.7 Å². The van der Waals surface area contributed by atoms with Crippen LogP contribution in [0.4, 0.5) is 5.69 Å². The maximum Gasteiger partial charge on any atom is 0.344 e. The summed E-state index contributed by atoms with van der Waals surface area (Å²) < 4.78 is 16.8. The van der Waals surface area contributed by atoms with Crippen molar-refractivity contribution < 1.29 is 23.8 Å². The molecule has 0 bridgehead atoms. The molecule has 0 aliphatic heterocycles. The van der Waals surface area contributed by atoms with Crippen LogP contribution in [-0.4, -0.2) is 31.7 Å². The van der Waals surface area contributed by atoms with Gasteiger partial charge >= 0.3 is 5.97 Å². The lowest BCUT2D eigenvalue weighted by Crippen LogP contribution is -2.15. The van der Waals surface area contributed by atoms with Crippen LogP contribution < -0.4 is 14.8 Å². The number of nitriles is 1. The van der Waals surface area contributed by atoms with E-state index in [-0.39, 0.29) is 18.8 Å². The van der Waals surface area contributed by atoms with Gasteiger partial charge in [-0.05, 0) is 78.8 Å². The number of para-hydroxylation sites is 1. The predicted molar refractivity (Wildman–Crippen MR) is 126 cm³/mol. The first-order chi connectivity index (χ1) is 14.9. The Balaban J connectivity index is 2.30. The Labute approximate surface area is 195 Å². The van der Waals surface area contributed by atoms with Crippen molar-refractivity contribution in [2.75, 3.05) is 25.1 Å². The van der Waals surface area contributed by atoms with Gasteiger partial charge in [-0.2, -0.15) is 5.26 Å². The Morgan fingerprint density at radius 2 is 1.90 bits per heavy atom. The van der Waals surface area contributed by atoms with Gasteiger partial charge in [0.1, 0.15) is 11.6 Å². The van der Waals surface area contributed by atoms with Crippen molar-refractivity contribution in [3.63, 3.8) is 0 Å². The van der Waals surface area contributed by atoms with Crippen molar-refractivity contribution in [1.29, 1.82) is 5.26 Å². The molecule has 0 fully saturated rings. The number of nitrogens with one attached hydrogen (secondary N) is 1. The molecule has 0 aliphatic rings. The van der Waals surface area contributed by atoms with Crippen LogP contribution in [0.2, 0.25) is 0 Å². The molecular weight excluding hydrogens is 511 g/mol. The van der Waals surface area contributed by atoms with Gasteiger partial charge in [-0.25, -0.2) is 4.79 Å². The number of anilines is 1. The van der Waals surface area contributed by atoms with Crippen molar-refractivity contribution >= 4 is 46.2 Å². The summed E-state index contributed by atoms with van der Waals surface area (Å²) >= 11 is 2.05. The van der Waals surface area contributed by atoms with E-state index in [0.717, 1.165) is 5.56 Å². The summed E-state index contributed by atoms with van der Waals surface area (Å²) in [6.07, 6.45) is 1.48. The van der Waals surface area contributed by atoms with Crippen LogP contribution in [0.15, 0.2) is 42.0 Å². The van der Waals surface area contributed by atoms with Gasteiger partial charge in [0.25, 0.3) is 5.91 Å². The molecule has 162 valence electrons. The number of benzene rings is 2.